The summed E-state index contributed by atoms with van der Waals surface area (Å²) in [6, 6.07) is 11.6. The van der Waals surface area contributed by atoms with Crippen LogP contribution in [0, 0.1) is 0 Å². The summed E-state index contributed by atoms with van der Waals surface area (Å²) in [6.07, 6.45) is 2.73. The number of methoxy groups -OCH3 is 1. The van der Waals surface area contributed by atoms with Gasteiger partial charge in [-0.05, 0) is 42.8 Å². The number of ether oxygens (including phenoxy) is 2. The summed E-state index contributed by atoms with van der Waals surface area (Å²) in [5, 5.41) is 0.680. The van der Waals surface area contributed by atoms with Gasteiger partial charge in [-0.2, -0.15) is 0 Å². The van der Waals surface area contributed by atoms with Gasteiger partial charge in [-0.3, -0.25) is 4.90 Å². The van der Waals surface area contributed by atoms with Gasteiger partial charge in [0.2, 0.25) is 0 Å². The molecule has 0 radical (unpaired) electrons. The van der Waals surface area contributed by atoms with Crippen molar-refractivity contribution in [3.63, 3.8) is 0 Å². The molecule has 5 nitrogen and oxygen atoms in total. The van der Waals surface area contributed by atoms with Crippen molar-refractivity contribution < 1.29 is 9.47 Å². The maximum atomic E-state index is 5.90. The molecule has 0 N–H and O–H groups in total. The molecule has 1 aliphatic heterocycles. The number of hydrogen-bond acceptors (Lipinski definition) is 5. The van der Waals surface area contributed by atoms with Gasteiger partial charge in [-0.1, -0.05) is 11.6 Å². The van der Waals surface area contributed by atoms with E-state index in [9.17, 15) is 0 Å². The molecule has 1 saturated heterocycles. The molecule has 1 aromatic heterocycles. The van der Waals surface area contributed by atoms with Crippen LogP contribution in [0.25, 0.3) is 0 Å². The lowest BCUT2D eigenvalue weighted by Gasteiger charge is -2.35. The zero-order valence-corrected chi connectivity index (χ0v) is 15.3. The Morgan fingerprint density at radius 1 is 1.00 bits per heavy atom. The molecule has 6 heteroatoms. The molecular weight excluding hydrogens is 338 g/mol. The van der Waals surface area contributed by atoms with E-state index in [0.717, 1.165) is 63.1 Å². The predicted molar refractivity (Wildman–Crippen MR) is 101 cm³/mol. The van der Waals surface area contributed by atoms with Gasteiger partial charge in [-0.25, -0.2) is 4.98 Å². The summed E-state index contributed by atoms with van der Waals surface area (Å²) >= 11 is 5.90. The molecule has 1 aromatic carbocycles. The first-order valence-electron chi connectivity index (χ1n) is 8.60. The molecule has 134 valence electrons. The highest BCUT2D eigenvalue weighted by atomic mass is 35.5. The van der Waals surface area contributed by atoms with Crippen molar-refractivity contribution in [3.05, 3.63) is 47.6 Å². The molecule has 0 saturated carbocycles. The van der Waals surface area contributed by atoms with E-state index in [1.165, 1.54) is 0 Å². The summed E-state index contributed by atoms with van der Waals surface area (Å²) in [6.45, 7) is 5.87. The van der Waals surface area contributed by atoms with Gasteiger partial charge in [-0.15, -0.1) is 0 Å². The van der Waals surface area contributed by atoms with Crippen LogP contribution >= 0.6 is 11.6 Å². The van der Waals surface area contributed by atoms with Crippen LogP contribution < -0.4 is 14.4 Å². The van der Waals surface area contributed by atoms with Crippen molar-refractivity contribution in [1.29, 1.82) is 0 Å². The fourth-order valence-corrected chi connectivity index (χ4v) is 3.02. The van der Waals surface area contributed by atoms with Gasteiger partial charge in [0, 0.05) is 38.9 Å². The highest BCUT2D eigenvalue weighted by Gasteiger charge is 2.17. The van der Waals surface area contributed by atoms with Crippen LogP contribution in [0.1, 0.15) is 6.42 Å². The Hall–Kier alpha value is -1.98. The second-order valence-electron chi connectivity index (χ2n) is 6.04. The Labute approximate surface area is 154 Å². The van der Waals surface area contributed by atoms with Crippen LogP contribution in [0.2, 0.25) is 5.02 Å². The molecule has 0 atom stereocenters. The van der Waals surface area contributed by atoms with Crippen LogP contribution in [0.4, 0.5) is 5.82 Å². The van der Waals surface area contributed by atoms with Crippen LogP contribution in [-0.4, -0.2) is 56.3 Å². The molecule has 0 spiro atoms. The summed E-state index contributed by atoms with van der Waals surface area (Å²) < 4.78 is 10.9. The average Bonchev–Trinajstić information content (AvgIpc) is 2.67. The maximum Gasteiger partial charge on any atom is 0.128 e. The van der Waals surface area contributed by atoms with E-state index < -0.39 is 0 Å². The van der Waals surface area contributed by atoms with E-state index >= 15 is 0 Å². The number of nitrogens with zero attached hydrogens (tertiary/aromatic N) is 3. The first kappa shape index (κ1) is 17.8. The maximum absolute atomic E-state index is 5.90. The fraction of sp³-hybridized carbons (Fsp3) is 0.421. The number of piperazine rings is 1. The second kappa shape index (κ2) is 8.92. The summed E-state index contributed by atoms with van der Waals surface area (Å²) in [4.78, 5) is 9.18. The van der Waals surface area contributed by atoms with Crippen molar-refractivity contribution in [2.24, 2.45) is 0 Å². The molecule has 2 aromatic rings. The number of benzene rings is 1. The molecular formula is C19H24ClN3O2. The topological polar surface area (TPSA) is 37.8 Å². The lowest BCUT2D eigenvalue weighted by Crippen LogP contribution is -2.47. The molecule has 0 bridgehead atoms. The van der Waals surface area contributed by atoms with Gasteiger partial charge in [0.25, 0.3) is 0 Å². The minimum Gasteiger partial charge on any atom is -0.497 e. The molecule has 1 fully saturated rings. The zero-order chi connectivity index (χ0) is 17.5. The third-order valence-electron chi connectivity index (χ3n) is 4.35. The molecule has 3 rings (SSSR count). The predicted octanol–water partition coefficient (Wildman–Crippen LogP) is 3.33. The minimum absolute atomic E-state index is 0.680. The molecule has 0 unspecified atom stereocenters. The minimum atomic E-state index is 0.680. The summed E-state index contributed by atoms with van der Waals surface area (Å²) in [7, 11) is 1.67. The smallest absolute Gasteiger partial charge is 0.128 e. The van der Waals surface area contributed by atoms with E-state index in [2.05, 4.69) is 14.8 Å². The van der Waals surface area contributed by atoms with Gasteiger partial charge in [0.15, 0.2) is 0 Å². The van der Waals surface area contributed by atoms with Crippen LogP contribution in [0.15, 0.2) is 42.6 Å². The number of aromatic nitrogens is 1. The Kier molecular flexibility index (Phi) is 6.36. The number of rotatable bonds is 7. The standard InChI is InChI=1S/C19H24ClN3O2/c1-24-17-4-6-18(7-5-17)25-14-2-9-22-10-12-23(13-11-22)19-8-3-16(20)15-21-19/h3-8,15H,2,9-14H2,1H3. The molecule has 2 heterocycles. The van der Waals surface area contributed by atoms with Gasteiger partial charge >= 0.3 is 0 Å². The van der Waals surface area contributed by atoms with Crippen LogP contribution in [0.3, 0.4) is 0 Å². The van der Waals surface area contributed by atoms with Crippen molar-refractivity contribution in [3.8, 4) is 11.5 Å². The van der Waals surface area contributed by atoms with Crippen molar-refractivity contribution >= 4 is 17.4 Å². The Bertz CT molecular complexity index is 641. The van der Waals surface area contributed by atoms with Crippen LogP contribution in [0.5, 0.6) is 11.5 Å². The SMILES string of the molecule is COc1ccc(OCCCN2CCN(c3ccc(Cl)cn3)CC2)cc1. The lowest BCUT2D eigenvalue weighted by atomic mass is 10.3. The van der Waals surface area contributed by atoms with Crippen molar-refractivity contribution in [2.45, 2.75) is 6.42 Å². The van der Waals surface area contributed by atoms with Crippen molar-refractivity contribution in [2.75, 3.05) is 51.3 Å². The van der Waals surface area contributed by atoms with E-state index in [-0.39, 0.29) is 0 Å². The monoisotopic (exact) mass is 361 g/mol. The summed E-state index contributed by atoms with van der Waals surface area (Å²) in [5.41, 5.74) is 0. The van der Waals surface area contributed by atoms with Gasteiger partial charge in [0.05, 0.1) is 18.7 Å². The van der Waals surface area contributed by atoms with Gasteiger partial charge < -0.3 is 14.4 Å². The van der Waals surface area contributed by atoms with E-state index in [0.29, 0.717) is 5.02 Å². The summed E-state index contributed by atoms with van der Waals surface area (Å²) in [5.74, 6) is 2.74. The molecule has 1 aliphatic rings. The van der Waals surface area contributed by atoms with Gasteiger partial charge in [0.1, 0.15) is 17.3 Å². The average molecular weight is 362 g/mol. The number of anilines is 1. The number of hydrogen-bond donors (Lipinski definition) is 0. The van der Waals surface area contributed by atoms with E-state index in [4.69, 9.17) is 21.1 Å². The third kappa shape index (κ3) is 5.25. The highest BCUT2D eigenvalue weighted by Crippen LogP contribution is 2.18. The Morgan fingerprint density at radius 2 is 1.72 bits per heavy atom. The molecule has 0 amide bonds. The largest absolute Gasteiger partial charge is 0.497 e. The fourth-order valence-electron chi connectivity index (χ4n) is 2.91. The van der Waals surface area contributed by atoms with Crippen molar-refractivity contribution in [1.82, 2.24) is 9.88 Å². The Balaban J connectivity index is 1.34. The lowest BCUT2D eigenvalue weighted by molar-refractivity contribution is 0.224. The Morgan fingerprint density at radius 3 is 2.36 bits per heavy atom. The highest BCUT2D eigenvalue weighted by molar-refractivity contribution is 6.30. The second-order valence-corrected chi connectivity index (χ2v) is 6.48. The first-order chi connectivity index (χ1) is 12.2. The first-order valence-corrected chi connectivity index (χ1v) is 8.98. The quantitative estimate of drug-likeness (QED) is 0.707. The van der Waals surface area contributed by atoms with E-state index in [1.807, 2.05) is 36.4 Å². The number of halogens is 1. The number of pyridine rings is 1. The zero-order valence-electron chi connectivity index (χ0n) is 14.5. The van der Waals surface area contributed by atoms with E-state index in [1.54, 1.807) is 13.3 Å². The normalized spacial score (nSPS) is 15.2. The van der Waals surface area contributed by atoms with Crippen LogP contribution in [-0.2, 0) is 0 Å². The molecule has 25 heavy (non-hydrogen) atoms. The molecule has 0 aliphatic carbocycles. The third-order valence-corrected chi connectivity index (χ3v) is 4.58.